The number of nitrogens with zero attached hydrogens (tertiary/aromatic N) is 1. The van der Waals surface area contributed by atoms with Gasteiger partial charge in [0.05, 0.1) is 11.4 Å². The first kappa shape index (κ1) is 14.9. The third-order valence-electron chi connectivity index (χ3n) is 3.05. The molecular weight excluding hydrogens is 328 g/mol. The lowest BCUT2D eigenvalue weighted by molar-refractivity contribution is -0.123. The lowest BCUT2D eigenvalue weighted by Crippen LogP contribution is -2.28. The molecule has 3 nitrogen and oxygen atoms in total. The molecule has 0 spiro atoms. The molecule has 7 heteroatoms. The molecule has 2 amide bonds. The van der Waals surface area contributed by atoms with Crippen molar-refractivity contribution in [2.75, 3.05) is 0 Å². The summed E-state index contributed by atoms with van der Waals surface area (Å²) in [5.41, 5.74) is -0.0281. The molecule has 0 saturated carbocycles. The van der Waals surface area contributed by atoms with Gasteiger partial charge in [0, 0.05) is 10.4 Å². The molecular formula is C15H9F2NO2S2. The van der Waals surface area contributed by atoms with Crippen LogP contribution in [0.1, 0.15) is 10.4 Å². The van der Waals surface area contributed by atoms with E-state index in [4.69, 9.17) is 0 Å². The molecule has 0 bridgehead atoms. The zero-order chi connectivity index (χ0) is 15.7. The van der Waals surface area contributed by atoms with E-state index in [2.05, 4.69) is 0 Å². The van der Waals surface area contributed by atoms with Crippen LogP contribution in [-0.4, -0.2) is 16.0 Å². The summed E-state index contributed by atoms with van der Waals surface area (Å²) >= 11 is 2.24. The second kappa shape index (κ2) is 6.02. The van der Waals surface area contributed by atoms with Crippen LogP contribution in [0.4, 0.5) is 13.6 Å². The molecule has 0 aliphatic carbocycles. The van der Waals surface area contributed by atoms with Crippen LogP contribution in [0.5, 0.6) is 0 Å². The molecule has 1 saturated heterocycles. The topological polar surface area (TPSA) is 37.4 Å². The molecule has 3 rings (SSSR count). The molecule has 0 unspecified atom stereocenters. The Morgan fingerprint density at radius 1 is 1.14 bits per heavy atom. The number of imide groups is 1. The zero-order valence-corrected chi connectivity index (χ0v) is 12.7. The normalized spacial score (nSPS) is 16.8. The molecule has 1 aromatic heterocycles. The van der Waals surface area contributed by atoms with Crippen molar-refractivity contribution in [2.45, 2.75) is 6.54 Å². The van der Waals surface area contributed by atoms with Gasteiger partial charge in [0.1, 0.15) is 0 Å². The van der Waals surface area contributed by atoms with Crippen molar-refractivity contribution >= 4 is 40.3 Å². The number of halogens is 2. The van der Waals surface area contributed by atoms with Crippen LogP contribution >= 0.6 is 23.1 Å². The predicted molar refractivity (Wildman–Crippen MR) is 82.2 cm³/mol. The third-order valence-corrected chi connectivity index (χ3v) is 4.78. The highest BCUT2D eigenvalue weighted by Crippen LogP contribution is 2.34. The Bertz CT molecular complexity index is 772. The first-order chi connectivity index (χ1) is 10.6. The van der Waals surface area contributed by atoms with Gasteiger partial charge in [-0.3, -0.25) is 14.5 Å². The summed E-state index contributed by atoms with van der Waals surface area (Å²) in [5, 5.41) is 1.37. The van der Waals surface area contributed by atoms with Gasteiger partial charge in [0.2, 0.25) is 0 Å². The maximum atomic E-state index is 13.7. The van der Waals surface area contributed by atoms with Crippen LogP contribution in [0, 0.1) is 11.6 Å². The van der Waals surface area contributed by atoms with Crippen molar-refractivity contribution in [3.8, 4) is 0 Å². The lowest BCUT2D eigenvalue weighted by atomic mass is 10.2. The number of benzene rings is 1. The number of rotatable bonds is 3. The quantitative estimate of drug-likeness (QED) is 0.785. The summed E-state index contributed by atoms with van der Waals surface area (Å²) in [5.74, 6) is -2.53. The summed E-state index contributed by atoms with van der Waals surface area (Å²) in [6, 6.07) is 7.34. The van der Waals surface area contributed by atoms with E-state index in [0.717, 1.165) is 27.6 Å². The number of carbonyl (C=O) groups is 2. The average molecular weight is 337 g/mol. The monoisotopic (exact) mass is 337 g/mol. The van der Waals surface area contributed by atoms with Crippen molar-refractivity contribution in [1.29, 1.82) is 0 Å². The Morgan fingerprint density at radius 2 is 1.95 bits per heavy atom. The third kappa shape index (κ3) is 2.82. The largest absolute Gasteiger partial charge is 0.293 e. The molecule has 1 aromatic carbocycles. The van der Waals surface area contributed by atoms with Gasteiger partial charge in [-0.2, -0.15) is 0 Å². The Labute approximate surface area is 133 Å². The van der Waals surface area contributed by atoms with Crippen molar-refractivity contribution < 1.29 is 18.4 Å². The molecule has 112 valence electrons. The van der Waals surface area contributed by atoms with Crippen LogP contribution in [0.3, 0.4) is 0 Å². The molecule has 22 heavy (non-hydrogen) atoms. The Morgan fingerprint density at radius 3 is 2.68 bits per heavy atom. The summed E-state index contributed by atoms with van der Waals surface area (Å²) in [6.07, 6.45) is 1.62. The summed E-state index contributed by atoms with van der Waals surface area (Å²) < 4.78 is 26.9. The van der Waals surface area contributed by atoms with Gasteiger partial charge >= 0.3 is 0 Å². The molecule has 2 heterocycles. The average Bonchev–Trinajstić information content (AvgIpc) is 3.08. The SMILES string of the molecule is O=C1S/C(=C\c2cccs2)C(=O)N1Cc1cccc(F)c1F. The molecule has 0 radical (unpaired) electrons. The summed E-state index contributed by atoms with van der Waals surface area (Å²) in [4.78, 5) is 26.2. The Balaban J connectivity index is 1.85. The van der Waals surface area contributed by atoms with E-state index in [1.54, 1.807) is 6.08 Å². The van der Waals surface area contributed by atoms with Gasteiger partial charge in [-0.25, -0.2) is 8.78 Å². The fourth-order valence-electron chi connectivity index (χ4n) is 1.98. The fourth-order valence-corrected chi connectivity index (χ4v) is 3.54. The van der Waals surface area contributed by atoms with Crippen LogP contribution in [-0.2, 0) is 11.3 Å². The van der Waals surface area contributed by atoms with Crippen LogP contribution in [0.2, 0.25) is 0 Å². The van der Waals surface area contributed by atoms with Gasteiger partial charge in [0.25, 0.3) is 11.1 Å². The second-order valence-corrected chi connectivity index (χ2v) is 6.47. The van der Waals surface area contributed by atoms with Crippen molar-refractivity contribution in [2.24, 2.45) is 0 Å². The van der Waals surface area contributed by atoms with Gasteiger partial charge in [0.15, 0.2) is 11.6 Å². The molecule has 1 aliphatic rings. The van der Waals surface area contributed by atoms with E-state index >= 15 is 0 Å². The van der Waals surface area contributed by atoms with E-state index < -0.39 is 22.8 Å². The number of thioether (sulfide) groups is 1. The van der Waals surface area contributed by atoms with E-state index in [9.17, 15) is 18.4 Å². The predicted octanol–water partition coefficient (Wildman–Crippen LogP) is 4.26. The first-order valence-electron chi connectivity index (χ1n) is 6.28. The van der Waals surface area contributed by atoms with Crippen molar-refractivity contribution in [1.82, 2.24) is 4.90 Å². The molecule has 1 fully saturated rings. The van der Waals surface area contributed by atoms with Crippen LogP contribution in [0.25, 0.3) is 6.08 Å². The lowest BCUT2D eigenvalue weighted by Gasteiger charge is -2.13. The maximum absolute atomic E-state index is 13.7. The highest BCUT2D eigenvalue weighted by molar-refractivity contribution is 8.18. The zero-order valence-electron chi connectivity index (χ0n) is 11.1. The minimum Gasteiger partial charge on any atom is -0.268 e. The van der Waals surface area contributed by atoms with Crippen molar-refractivity contribution in [3.63, 3.8) is 0 Å². The summed E-state index contributed by atoms with van der Waals surface area (Å²) in [6.45, 7) is -0.282. The van der Waals surface area contributed by atoms with Gasteiger partial charge < -0.3 is 0 Å². The number of carbonyl (C=O) groups excluding carboxylic acids is 2. The maximum Gasteiger partial charge on any atom is 0.293 e. The number of amides is 2. The van der Waals surface area contributed by atoms with Crippen LogP contribution < -0.4 is 0 Å². The highest BCUT2D eigenvalue weighted by atomic mass is 32.2. The summed E-state index contributed by atoms with van der Waals surface area (Å²) in [7, 11) is 0. The smallest absolute Gasteiger partial charge is 0.268 e. The van der Waals surface area contributed by atoms with Crippen molar-refractivity contribution in [3.05, 3.63) is 62.7 Å². The molecule has 0 N–H and O–H groups in total. The number of thiophene rings is 1. The van der Waals surface area contributed by atoms with Gasteiger partial charge in [-0.1, -0.05) is 18.2 Å². The second-order valence-electron chi connectivity index (χ2n) is 4.50. The van der Waals surface area contributed by atoms with E-state index in [1.807, 2.05) is 17.5 Å². The molecule has 0 atom stereocenters. The molecule has 2 aromatic rings. The number of hydrogen-bond donors (Lipinski definition) is 0. The van der Waals surface area contributed by atoms with Gasteiger partial charge in [-0.15, -0.1) is 11.3 Å². The minimum atomic E-state index is -1.04. The number of hydrogen-bond acceptors (Lipinski definition) is 4. The van der Waals surface area contributed by atoms with E-state index in [0.29, 0.717) is 0 Å². The standard InChI is InChI=1S/C15H9F2NO2S2/c16-11-5-1-3-9(13(11)17)8-18-14(19)12(22-15(18)20)7-10-4-2-6-21-10/h1-7H,8H2/b12-7-. The van der Waals surface area contributed by atoms with Gasteiger partial charge in [-0.05, 0) is 35.4 Å². The van der Waals surface area contributed by atoms with E-state index in [-0.39, 0.29) is 17.0 Å². The van der Waals surface area contributed by atoms with E-state index in [1.165, 1.54) is 23.5 Å². The highest BCUT2D eigenvalue weighted by Gasteiger charge is 2.35. The fraction of sp³-hybridized carbons (Fsp3) is 0.0667. The Hall–Kier alpha value is -1.99. The molecule has 1 aliphatic heterocycles. The van der Waals surface area contributed by atoms with Crippen LogP contribution in [0.15, 0.2) is 40.6 Å². The first-order valence-corrected chi connectivity index (χ1v) is 7.97. The Kier molecular flexibility index (Phi) is 4.08. The minimum absolute atomic E-state index is 0.0281.